The van der Waals surface area contributed by atoms with E-state index in [9.17, 15) is 9.59 Å². The second-order valence-electron chi connectivity index (χ2n) is 2.68. The van der Waals surface area contributed by atoms with E-state index in [1.54, 1.807) is 13.8 Å². The van der Waals surface area contributed by atoms with Crippen LogP contribution in [-0.2, 0) is 9.59 Å². The van der Waals surface area contributed by atoms with Gasteiger partial charge in [0.1, 0.15) is 6.29 Å². The fraction of sp³-hybridized carbons (Fsp3) is 0.333. The first kappa shape index (κ1) is 10.6. The molecule has 1 rings (SSSR count). The molecule has 0 aliphatic carbocycles. The van der Waals surface area contributed by atoms with Gasteiger partial charge in [-0.05, 0) is 31.9 Å². The van der Waals surface area contributed by atoms with Crippen LogP contribution in [0.5, 0.6) is 0 Å². The Morgan fingerprint density at radius 1 is 1.54 bits per heavy atom. The Morgan fingerprint density at radius 2 is 2.15 bits per heavy atom. The highest BCUT2D eigenvalue weighted by atomic mass is 32.2. The van der Waals surface area contributed by atoms with Gasteiger partial charge in [-0.2, -0.15) is 0 Å². The number of carbonyl (C=O) groups is 2. The normalized spacial score (nSPS) is 21.0. The number of carbonyl (C=O) groups excluding carboxylic acids is 2. The summed E-state index contributed by atoms with van der Waals surface area (Å²) >= 11 is 2.67. The number of rotatable bonds is 2. The quantitative estimate of drug-likeness (QED) is 0.522. The molecule has 0 bridgehead atoms. The number of aldehydes is 1. The number of hydrogen-bond acceptors (Lipinski definition) is 4. The van der Waals surface area contributed by atoms with Crippen LogP contribution in [0.25, 0.3) is 0 Å². The van der Waals surface area contributed by atoms with E-state index in [0.717, 1.165) is 33.4 Å². The van der Waals surface area contributed by atoms with Gasteiger partial charge in [0.25, 0.3) is 0 Å². The monoisotopic (exact) mass is 214 g/mol. The lowest BCUT2D eigenvalue weighted by molar-refractivity contribution is -0.107. The van der Waals surface area contributed by atoms with E-state index in [1.165, 1.54) is 11.8 Å². The van der Waals surface area contributed by atoms with Crippen LogP contribution in [0.1, 0.15) is 13.8 Å². The lowest BCUT2D eigenvalue weighted by Crippen LogP contribution is -1.85. The van der Waals surface area contributed by atoms with Crippen molar-refractivity contribution >= 4 is 34.9 Å². The molecule has 1 aliphatic heterocycles. The second kappa shape index (κ2) is 4.15. The van der Waals surface area contributed by atoms with E-state index < -0.39 is 0 Å². The Bertz CT molecular complexity index is 327. The Labute approximate surface area is 85.8 Å². The highest BCUT2D eigenvalue weighted by molar-refractivity contribution is 8.20. The van der Waals surface area contributed by atoms with Gasteiger partial charge < -0.3 is 0 Å². The third-order valence-electron chi connectivity index (χ3n) is 1.79. The minimum atomic E-state index is 0.0561. The fourth-order valence-electron chi connectivity index (χ4n) is 1.04. The summed E-state index contributed by atoms with van der Waals surface area (Å²) in [6.07, 6.45) is 2.71. The van der Waals surface area contributed by atoms with Crippen LogP contribution in [0.15, 0.2) is 21.0 Å². The molecular formula is C9H10O2S2. The van der Waals surface area contributed by atoms with Crippen molar-refractivity contribution in [3.8, 4) is 0 Å². The van der Waals surface area contributed by atoms with Gasteiger partial charge in [-0.3, -0.25) is 9.59 Å². The summed E-state index contributed by atoms with van der Waals surface area (Å²) in [5.41, 5.74) is 1.40. The summed E-state index contributed by atoms with van der Waals surface area (Å²) in [6.45, 7) is 3.53. The third kappa shape index (κ3) is 1.89. The standard InChI is InChI=1S/C9H10O2S2/c1-5(4-10)7-8(12-3)6(2)9(11)13-7/h4H,1-3H3/b7-5+. The van der Waals surface area contributed by atoms with Crippen molar-refractivity contribution in [3.05, 3.63) is 21.0 Å². The average molecular weight is 214 g/mol. The first-order chi connectivity index (χ1) is 6.11. The molecule has 0 atom stereocenters. The summed E-state index contributed by atoms with van der Waals surface area (Å²) < 4.78 is 0. The summed E-state index contributed by atoms with van der Waals surface area (Å²) in [5.74, 6) is 0. The largest absolute Gasteiger partial charge is 0.298 e. The van der Waals surface area contributed by atoms with Gasteiger partial charge in [-0.25, -0.2) is 0 Å². The zero-order valence-electron chi connectivity index (χ0n) is 7.71. The van der Waals surface area contributed by atoms with Gasteiger partial charge in [0.2, 0.25) is 5.12 Å². The van der Waals surface area contributed by atoms with Gasteiger partial charge >= 0.3 is 0 Å². The highest BCUT2D eigenvalue weighted by Crippen LogP contribution is 2.43. The van der Waals surface area contributed by atoms with E-state index in [-0.39, 0.29) is 5.12 Å². The van der Waals surface area contributed by atoms with E-state index in [2.05, 4.69) is 0 Å². The van der Waals surface area contributed by atoms with Crippen LogP contribution in [-0.4, -0.2) is 17.7 Å². The molecule has 13 heavy (non-hydrogen) atoms. The van der Waals surface area contributed by atoms with E-state index in [4.69, 9.17) is 0 Å². The molecule has 0 unspecified atom stereocenters. The van der Waals surface area contributed by atoms with Crippen molar-refractivity contribution in [3.63, 3.8) is 0 Å². The minimum Gasteiger partial charge on any atom is -0.298 e. The molecule has 4 heteroatoms. The molecule has 0 saturated heterocycles. The molecule has 70 valence electrons. The lowest BCUT2D eigenvalue weighted by Gasteiger charge is -2.01. The maximum Gasteiger partial charge on any atom is 0.221 e. The molecule has 0 aromatic rings. The van der Waals surface area contributed by atoms with Gasteiger partial charge in [-0.15, -0.1) is 11.8 Å². The Kier molecular flexibility index (Phi) is 3.39. The zero-order chi connectivity index (χ0) is 10.0. The molecule has 0 radical (unpaired) electrons. The SMILES string of the molecule is CSC1=C(C)C(=O)S/C1=C(\C)C=O. The minimum absolute atomic E-state index is 0.0561. The van der Waals surface area contributed by atoms with Crippen LogP contribution in [0, 0.1) is 0 Å². The lowest BCUT2D eigenvalue weighted by atomic mass is 10.2. The van der Waals surface area contributed by atoms with Crippen molar-refractivity contribution in [2.45, 2.75) is 13.8 Å². The molecule has 0 aromatic carbocycles. The predicted molar refractivity (Wildman–Crippen MR) is 57.6 cm³/mol. The topological polar surface area (TPSA) is 34.1 Å². The van der Waals surface area contributed by atoms with Crippen molar-refractivity contribution < 1.29 is 9.59 Å². The molecular weight excluding hydrogens is 204 g/mol. The van der Waals surface area contributed by atoms with Crippen molar-refractivity contribution in [1.82, 2.24) is 0 Å². The Balaban J connectivity index is 3.21. The summed E-state index contributed by atoms with van der Waals surface area (Å²) in [5, 5.41) is 0.0561. The van der Waals surface area contributed by atoms with Gasteiger partial charge in [-0.1, -0.05) is 0 Å². The summed E-state index contributed by atoms with van der Waals surface area (Å²) in [6, 6.07) is 0. The summed E-state index contributed by atoms with van der Waals surface area (Å²) in [4.78, 5) is 23.6. The average Bonchev–Trinajstić information content (AvgIpc) is 2.42. The number of thioether (sulfide) groups is 2. The van der Waals surface area contributed by atoms with Crippen LogP contribution in [0.3, 0.4) is 0 Å². The van der Waals surface area contributed by atoms with Crippen molar-refractivity contribution in [2.24, 2.45) is 0 Å². The summed E-state index contributed by atoms with van der Waals surface area (Å²) in [7, 11) is 0. The first-order valence-electron chi connectivity index (χ1n) is 3.75. The van der Waals surface area contributed by atoms with Crippen LogP contribution < -0.4 is 0 Å². The highest BCUT2D eigenvalue weighted by Gasteiger charge is 2.26. The number of allylic oxidation sites excluding steroid dienone is 1. The van der Waals surface area contributed by atoms with Gasteiger partial charge in [0.15, 0.2) is 0 Å². The third-order valence-corrected chi connectivity index (χ3v) is 4.06. The molecule has 2 nitrogen and oxygen atoms in total. The Hall–Kier alpha value is -0.480. The van der Waals surface area contributed by atoms with Crippen LogP contribution >= 0.6 is 23.5 Å². The van der Waals surface area contributed by atoms with Gasteiger partial charge in [0.05, 0.1) is 0 Å². The fourth-order valence-corrected chi connectivity index (χ4v) is 3.12. The number of hydrogen-bond donors (Lipinski definition) is 0. The van der Waals surface area contributed by atoms with Crippen molar-refractivity contribution in [2.75, 3.05) is 6.26 Å². The van der Waals surface area contributed by atoms with Crippen LogP contribution in [0.4, 0.5) is 0 Å². The predicted octanol–water partition coefficient (Wildman–Crippen LogP) is 2.37. The van der Waals surface area contributed by atoms with Crippen LogP contribution in [0.2, 0.25) is 0 Å². The van der Waals surface area contributed by atoms with E-state index in [0.29, 0.717) is 5.57 Å². The smallest absolute Gasteiger partial charge is 0.221 e. The molecule has 0 N–H and O–H groups in total. The molecule has 0 aromatic heterocycles. The van der Waals surface area contributed by atoms with E-state index in [1.807, 2.05) is 6.26 Å². The molecule has 1 aliphatic rings. The molecule has 0 spiro atoms. The Morgan fingerprint density at radius 3 is 2.62 bits per heavy atom. The van der Waals surface area contributed by atoms with E-state index >= 15 is 0 Å². The first-order valence-corrected chi connectivity index (χ1v) is 5.79. The molecule has 1 heterocycles. The maximum atomic E-state index is 11.3. The van der Waals surface area contributed by atoms with Crippen molar-refractivity contribution in [1.29, 1.82) is 0 Å². The second-order valence-corrected chi connectivity index (χ2v) is 4.48. The maximum absolute atomic E-state index is 11.3. The zero-order valence-corrected chi connectivity index (χ0v) is 9.34. The van der Waals surface area contributed by atoms with Gasteiger partial charge in [0, 0.05) is 21.0 Å². The molecule has 0 fully saturated rings. The molecule has 0 amide bonds. The molecule has 0 saturated carbocycles.